The van der Waals surface area contributed by atoms with Crippen molar-refractivity contribution in [3.63, 3.8) is 0 Å². The number of carbonyl (C=O) groups is 2. The molecule has 0 N–H and O–H groups in total. The normalized spacial score (nSPS) is 11.0. The Kier molecular flexibility index (Phi) is 12.8. The van der Waals surface area contributed by atoms with Crippen LogP contribution in [0.15, 0.2) is 72.8 Å². The zero-order valence-electron chi connectivity index (χ0n) is 27.7. The van der Waals surface area contributed by atoms with Gasteiger partial charge >= 0.3 is 11.9 Å². The lowest BCUT2D eigenvalue weighted by molar-refractivity contribution is 0.0480. The molecule has 10 nitrogen and oxygen atoms in total. The molecule has 0 atom stereocenters. The summed E-state index contributed by atoms with van der Waals surface area (Å²) >= 11 is 0. The molecule has 48 heavy (non-hydrogen) atoms. The maximum absolute atomic E-state index is 11.9. The maximum Gasteiger partial charge on any atom is 0.337 e. The highest BCUT2D eigenvalue weighted by Crippen LogP contribution is 2.47. The number of esters is 2. The Morgan fingerprint density at radius 3 is 1.17 bits per heavy atom. The monoisotopic (exact) mass is 654 g/mol. The number of ether oxygens (including phenoxy) is 8. The van der Waals surface area contributed by atoms with Crippen molar-refractivity contribution in [2.24, 2.45) is 0 Å². The molecule has 0 saturated carbocycles. The van der Waals surface area contributed by atoms with Crippen LogP contribution in [0.4, 0.5) is 0 Å². The maximum atomic E-state index is 11.9. The van der Waals surface area contributed by atoms with Gasteiger partial charge in [0.05, 0.1) is 39.6 Å². The van der Waals surface area contributed by atoms with Gasteiger partial charge in [-0.15, -0.1) is 0 Å². The molecule has 0 heterocycles. The summed E-state index contributed by atoms with van der Waals surface area (Å²) in [6.07, 6.45) is 7.69. The molecule has 0 aliphatic carbocycles. The van der Waals surface area contributed by atoms with Crippen LogP contribution < -0.4 is 18.9 Å². The number of rotatable bonds is 15. The third kappa shape index (κ3) is 8.81. The lowest BCUT2D eigenvalue weighted by atomic mass is 9.96. The quantitative estimate of drug-likeness (QED) is 0.0739. The van der Waals surface area contributed by atoms with Crippen molar-refractivity contribution in [1.29, 1.82) is 0 Å². The summed E-state index contributed by atoms with van der Waals surface area (Å²) in [5.41, 5.74) is 5.56. The Bertz CT molecular complexity index is 1630. The summed E-state index contributed by atoms with van der Waals surface area (Å²) in [4.78, 5) is 23.7. The predicted octanol–water partition coefficient (Wildman–Crippen LogP) is 7.25. The second-order valence-electron chi connectivity index (χ2n) is 10.2. The molecule has 0 bridgehead atoms. The largest absolute Gasteiger partial charge is 0.493 e. The van der Waals surface area contributed by atoms with Gasteiger partial charge in [-0.05, 0) is 70.8 Å². The van der Waals surface area contributed by atoms with E-state index in [4.69, 9.17) is 37.9 Å². The average molecular weight is 655 g/mol. The summed E-state index contributed by atoms with van der Waals surface area (Å²) in [6.45, 7) is -0.0602. The molecule has 0 radical (unpaired) electrons. The van der Waals surface area contributed by atoms with Crippen LogP contribution in [0.2, 0.25) is 0 Å². The highest BCUT2D eigenvalue weighted by molar-refractivity contribution is 5.91. The molecule has 0 saturated heterocycles. The smallest absolute Gasteiger partial charge is 0.337 e. The van der Waals surface area contributed by atoms with E-state index in [0.717, 1.165) is 22.3 Å². The molecule has 250 valence electrons. The second-order valence-corrected chi connectivity index (χ2v) is 10.2. The summed E-state index contributed by atoms with van der Waals surface area (Å²) in [5.74, 6) is 0.997. The lowest BCUT2D eigenvalue weighted by Gasteiger charge is -2.20. The fraction of sp³-hybridized carbons (Fsp3) is 0.211. The van der Waals surface area contributed by atoms with Gasteiger partial charge in [-0.3, -0.25) is 0 Å². The fourth-order valence-electron chi connectivity index (χ4n) is 4.76. The molecular weight excluding hydrogens is 616 g/mol. The molecular formula is C38H38O10. The van der Waals surface area contributed by atoms with Gasteiger partial charge in [0, 0.05) is 25.3 Å². The van der Waals surface area contributed by atoms with E-state index >= 15 is 0 Å². The standard InChI is InChI=1S/C38H38O10/c1-41-23-47-35-31(19-27(21-33(35)43-3)9-7-25-11-15-29(16-12-25)37(39)45-5)32-20-28(22-34(44-4)36(32)48-24-42-2)10-8-26-13-17-30(18-14-26)38(40)46-6/h7-22H,23-24H2,1-6H3. The molecule has 0 aliphatic heterocycles. The lowest BCUT2D eigenvalue weighted by Crippen LogP contribution is -2.06. The third-order valence-electron chi connectivity index (χ3n) is 7.13. The number of hydrogen-bond donors (Lipinski definition) is 0. The van der Waals surface area contributed by atoms with E-state index in [2.05, 4.69) is 0 Å². The Balaban J connectivity index is 1.84. The van der Waals surface area contributed by atoms with Crippen LogP contribution in [0.3, 0.4) is 0 Å². The molecule has 0 aromatic heterocycles. The first-order valence-corrected chi connectivity index (χ1v) is 14.8. The summed E-state index contributed by atoms with van der Waals surface area (Å²) in [7, 11) is 8.89. The van der Waals surface area contributed by atoms with Gasteiger partial charge < -0.3 is 37.9 Å². The molecule has 0 amide bonds. The summed E-state index contributed by atoms with van der Waals surface area (Å²) in [5, 5.41) is 0. The van der Waals surface area contributed by atoms with Crippen molar-refractivity contribution < 1.29 is 47.5 Å². The van der Waals surface area contributed by atoms with Crippen LogP contribution in [0.25, 0.3) is 35.4 Å². The van der Waals surface area contributed by atoms with Crippen molar-refractivity contribution in [2.75, 3.05) is 56.2 Å². The van der Waals surface area contributed by atoms with Crippen LogP contribution in [0, 0.1) is 0 Å². The molecule has 4 aromatic carbocycles. The molecule has 10 heteroatoms. The molecule has 0 spiro atoms. The highest BCUT2D eigenvalue weighted by Gasteiger charge is 2.22. The van der Waals surface area contributed by atoms with Crippen LogP contribution in [-0.2, 0) is 18.9 Å². The number of carbonyl (C=O) groups excluding carboxylic acids is 2. The van der Waals surface area contributed by atoms with Gasteiger partial charge in [0.1, 0.15) is 0 Å². The fourth-order valence-corrected chi connectivity index (χ4v) is 4.76. The Hall–Kier alpha value is -5.58. The topological polar surface area (TPSA) is 108 Å². The Morgan fingerprint density at radius 1 is 0.500 bits per heavy atom. The van der Waals surface area contributed by atoms with E-state index in [1.807, 2.05) is 72.8 Å². The highest BCUT2D eigenvalue weighted by atomic mass is 16.7. The third-order valence-corrected chi connectivity index (χ3v) is 7.13. The minimum atomic E-state index is -0.401. The van der Waals surface area contributed by atoms with E-state index in [0.29, 0.717) is 45.3 Å². The zero-order chi connectivity index (χ0) is 34.5. The van der Waals surface area contributed by atoms with Crippen molar-refractivity contribution in [2.45, 2.75) is 0 Å². The SMILES string of the molecule is COCOc1c(OC)cc(C=Cc2ccc(C(=O)OC)cc2)cc1-c1cc(C=Cc2ccc(C(=O)OC)cc2)cc(OC)c1OCOC. The van der Waals surface area contributed by atoms with E-state index < -0.39 is 11.9 Å². The van der Waals surface area contributed by atoms with Gasteiger partial charge in [-0.2, -0.15) is 0 Å². The van der Waals surface area contributed by atoms with Crippen LogP contribution >= 0.6 is 0 Å². The van der Waals surface area contributed by atoms with E-state index in [1.165, 1.54) is 28.4 Å². The predicted molar refractivity (Wildman–Crippen MR) is 183 cm³/mol. The van der Waals surface area contributed by atoms with E-state index in [-0.39, 0.29) is 13.6 Å². The van der Waals surface area contributed by atoms with Crippen LogP contribution in [0.1, 0.15) is 43.0 Å². The zero-order valence-corrected chi connectivity index (χ0v) is 27.7. The molecule has 4 aromatic rings. The number of methoxy groups -OCH3 is 6. The summed E-state index contributed by atoms with van der Waals surface area (Å²) in [6, 6.07) is 21.7. The number of benzene rings is 4. The first-order valence-electron chi connectivity index (χ1n) is 14.8. The Labute approximate surface area is 280 Å². The van der Waals surface area contributed by atoms with Gasteiger partial charge in [-0.1, -0.05) is 48.6 Å². The summed E-state index contributed by atoms with van der Waals surface area (Å²) < 4.78 is 43.8. The van der Waals surface area contributed by atoms with Crippen LogP contribution in [-0.4, -0.2) is 68.2 Å². The van der Waals surface area contributed by atoms with Crippen molar-refractivity contribution in [3.8, 4) is 34.1 Å². The second kappa shape index (κ2) is 17.4. The van der Waals surface area contributed by atoms with Gasteiger partial charge in [0.25, 0.3) is 0 Å². The number of hydrogen-bond acceptors (Lipinski definition) is 10. The van der Waals surface area contributed by atoms with E-state index in [9.17, 15) is 9.59 Å². The minimum absolute atomic E-state index is 0.0301. The minimum Gasteiger partial charge on any atom is -0.493 e. The van der Waals surface area contributed by atoms with Gasteiger partial charge in [0.15, 0.2) is 36.6 Å². The molecule has 4 rings (SSSR count). The Morgan fingerprint density at radius 2 is 0.854 bits per heavy atom. The van der Waals surface area contributed by atoms with Gasteiger partial charge in [0.2, 0.25) is 0 Å². The molecule has 0 aliphatic rings. The van der Waals surface area contributed by atoms with Crippen molar-refractivity contribution in [3.05, 3.63) is 106 Å². The van der Waals surface area contributed by atoms with E-state index in [1.54, 1.807) is 38.5 Å². The molecule has 0 unspecified atom stereocenters. The van der Waals surface area contributed by atoms with Crippen LogP contribution in [0.5, 0.6) is 23.0 Å². The van der Waals surface area contributed by atoms with Gasteiger partial charge in [-0.25, -0.2) is 9.59 Å². The van der Waals surface area contributed by atoms with Crippen molar-refractivity contribution >= 4 is 36.2 Å². The first kappa shape index (κ1) is 35.3. The van der Waals surface area contributed by atoms with Crippen molar-refractivity contribution in [1.82, 2.24) is 0 Å². The average Bonchev–Trinajstić information content (AvgIpc) is 3.13. The molecule has 0 fully saturated rings. The first-order chi connectivity index (χ1) is 23.3.